The van der Waals surface area contributed by atoms with Gasteiger partial charge in [0.05, 0.1) is 12.8 Å². The first-order chi connectivity index (χ1) is 8.63. The van der Waals surface area contributed by atoms with Crippen LogP contribution in [-0.4, -0.2) is 21.3 Å². The Morgan fingerprint density at radius 2 is 2.11 bits per heavy atom. The van der Waals surface area contributed by atoms with Crippen LogP contribution in [0.1, 0.15) is 29.3 Å². The number of aromatic nitrogens is 2. The molecule has 0 radical (unpaired) electrons. The molecule has 1 N–H and O–H groups in total. The van der Waals surface area contributed by atoms with Crippen LogP contribution in [-0.2, 0) is 17.6 Å². The zero-order chi connectivity index (χ0) is 13.0. The van der Waals surface area contributed by atoms with Gasteiger partial charge in [0.15, 0.2) is 0 Å². The Morgan fingerprint density at radius 3 is 2.83 bits per heavy atom. The molecule has 2 rings (SSSR count). The molecule has 0 aliphatic heterocycles. The molecule has 94 valence electrons. The summed E-state index contributed by atoms with van der Waals surface area (Å²) in [6, 6.07) is 8.05. The van der Waals surface area contributed by atoms with Crippen molar-refractivity contribution in [1.82, 2.24) is 10.2 Å². The minimum absolute atomic E-state index is 0.00603. The van der Waals surface area contributed by atoms with E-state index in [4.69, 9.17) is 9.52 Å². The summed E-state index contributed by atoms with van der Waals surface area (Å²) in [5.74, 6) is 0.0227. The summed E-state index contributed by atoms with van der Waals surface area (Å²) in [7, 11) is 0. The predicted molar refractivity (Wildman–Crippen MR) is 64.2 cm³/mol. The van der Waals surface area contributed by atoms with Crippen molar-refractivity contribution in [1.29, 1.82) is 0 Å². The van der Waals surface area contributed by atoms with Crippen molar-refractivity contribution in [3.8, 4) is 0 Å². The van der Waals surface area contributed by atoms with Gasteiger partial charge in [-0.1, -0.05) is 29.8 Å². The fourth-order valence-corrected chi connectivity index (χ4v) is 1.67. The SMILES string of the molecule is Cc1cccc(Cc2nnc(CCC(=O)O)o2)c1. The Kier molecular flexibility index (Phi) is 3.72. The van der Waals surface area contributed by atoms with E-state index in [0.717, 1.165) is 5.56 Å². The molecular weight excluding hydrogens is 232 g/mol. The lowest BCUT2D eigenvalue weighted by Crippen LogP contribution is -1.97. The van der Waals surface area contributed by atoms with E-state index in [-0.39, 0.29) is 12.8 Å². The molecule has 0 atom stereocenters. The maximum atomic E-state index is 10.4. The summed E-state index contributed by atoms with van der Waals surface area (Å²) < 4.78 is 5.39. The van der Waals surface area contributed by atoms with Crippen molar-refractivity contribution in [3.63, 3.8) is 0 Å². The van der Waals surface area contributed by atoms with Crippen molar-refractivity contribution in [2.75, 3.05) is 0 Å². The molecule has 1 aromatic heterocycles. The van der Waals surface area contributed by atoms with E-state index in [9.17, 15) is 4.79 Å². The van der Waals surface area contributed by atoms with Crippen molar-refractivity contribution in [3.05, 3.63) is 47.2 Å². The van der Waals surface area contributed by atoms with Crippen LogP contribution in [0.5, 0.6) is 0 Å². The Labute approximate surface area is 104 Å². The third-order valence-corrected chi connectivity index (χ3v) is 2.50. The highest BCUT2D eigenvalue weighted by Gasteiger charge is 2.08. The van der Waals surface area contributed by atoms with Gasteiger partial charge in [-0.25, -0.2) is 0 Å². The Morgan fingerprint density at radius 1 is 1.33 bits per heavy atom. The predicted octanol–water partition coefficient (Wildman–Crippen LogP) is 1.99. The Bertz CT molecular complexity index is 549. The number of rotatable bonds is 5. The third kappa shape index (κ3) is 3.41. The summed E-state index contributed by atoms with van der Waals surface area (Å²) in [4.78, 5) is 10.4. The fraction of sp³-hybridized carbons (Fsp3) is 0.308. The molecule has 5 nitrogen and oxygen atoms in total. The van der Waals surface area contributed by atoms with Gasteiger partial charge in [-0.3, -0.25) is 4.79 Å². The number of carboxylic acid groups (broad SMARTS) is 1. The average molecular weight is 246 g/mol. The molecule has 0 spiro atoms. The van der Waals surface area contributed by atoms with E-state index >= 15 is 0 Å². The smallest absolute Gasteiger partial charge is 0.303 e. The lowest BCUT2D eigenvalue weighted by molar-refractivity contribution is -0.137. The molecular formula is C13H14N2O3. The number of nitrogens with zero attached hydrogens (tertiary/aromatic N) is 2. The number of hydrogen-bond donors (Lipinski definition) is 1. The monoisotopic (exact) mass is 246 g/mol. The van der Waals surface area contributed by atoms with Crippen LogP contribution in [0.15, 0.2) is 28.7 Å². The number of benzene rings is 1. The van der Waals surface area contributed by atoms with Gasteiger partial charge in [-0.15, -0.1) is 10.2 Å². The largest absolute Gasteiger partial charge is 0.481 e. The number of aliphatic carboxylic acids is 1. The minimum Gasteiger partial charge on any atom is -0.481 e. The second-order valence-corrected chi connectivity index (χ2v) is 4.15. The van der Waals surface area contributed by atoms with Gasteiger partial charge in [0.1, 0.15) is 0 Å². The van der Waals surface area contributed by atoms with E-state index in [1.807, 2.05) is 25.1 Å². The van der Waals surface area contributed by atoms with Crippen LogP contribution >= 0.6 is 0 Å². The van der Waals surface area contributed by atoms with Gasteiger partial charge >= 0.3 is 5.97 Å². The molecule has 0 aliphatic rings. The molecule has 1 heterocycles. The average Bonchev–Trinajstić information content (AvgIpc) is 2.74. The van der Waals surface area contributed by atoms with Crippen LogP contribution < -0.4 is 0 Å². The molecule has 0 amide bonds. The van der Waals surface area contributed by atoms with Gasteiger partial charge in [0, 0.05) is 6.42 Å². The summed E-state index contributed by atoms with van der Waals surface area (Å²) in [5, 5.41) is 16.3. The van der Waals surface area contributed by atoms with E-state index < -0.39 is 5.97 Å². The van der Waals surface area contributed by atoms with E-state index in [0.29, 0.717) is 18.2 Å². The first-order valence-electron chi connectivity index (χ1n) is 5.72. The van der Waals surface area contributed by atoms with Gasteiger partial charge in [0.2, 0.25) is 11.8 Å². The normalized spacial score (nSPS) is 10.5. The molecule has 0 fully saturated rings. The molecule has 0 bridgehead atoms. The van der Waals surface area contributed by atoms with Crippen molar-refractivity contribution < 1.29 is 14.3 Å². The van der Waals surface area contributed by atoms with Crippen LogP contribution in [0.4, 0.5) is 0 Å². The molecule has 1 aromatic carbocycles. The van der Waals surface area contributed by atoms with E-state index in [1.54, 1.807) is 0 Å². The summed E-state index contributed by atoms with van der Waals surface area (Å²) >= 11 is 0. The molecule has 0 unspecified atom stereocenters. The maximum absolute atomic E-state index is 10.4. The van der Waals surface area contributed by atoms with Crippen LogP contribution in [0.2, 0.25) is 0 Å². The lowest BCUT2D eigenvalue weighted by atomic mass is 10.1. The van der Waals surface area contributed by atoms with Crippen molar-refractivity contribution in [2.24, 2.45) is 0 Å². The first-order valence-corrected chi connectivity index (χ1v) is 5.72. The standard InChI is InChI=1S/C13H14N2O3/c1-9-3-2-4-10(7-9)8-12-15-14-11(18-12)5-6-13(16)17/h2-4,7H,5-6,8H2,1H3,(H,16,17). The van der Waals surface area contributed by atoms with E-state index in [2.05, 4.69) is 16.3 Å². The molecule has 0 aliphatic carbocycles. The third-order valence-electron chi connectivity index (χ3n) is 2.50. The summed E-state index contributed by atoms with van der Waals surface area (Å²) in [5.41, 5.74) is 2.28. The van der Waals surface area contributed by atoms with Gasteiger partial charge in [-0.05, 0) is 12.5 Å². The Balaban J connectivity index is 2.00. The molecule has 0 saturated heterocycles. The molecule has 5 heteroatoms. The zero-order valence-corrected chi connectivity index (χ0v) is 10.1. The fourth-order valence-electron chi connectivity index (χ4n) is 1.67. The Hall–Kier alpha value is -2.17. The number of aryl methyl sites for hydroxylation is 2. The van der Waals surface area contributed by atoms with Crippen LogP contribution in [0.3, 0.4) is 0 Å². The zero-order valence-electron chi connectivity index (χ0n) is 10.1. The number of hydrogen-bond acceptors (Lipinski definition) is 4. The number of carboxylic acids is 1. The topological polar surface area (TPSA) is 76.2 Å². The minimum atomic E-state index is -0.867. The summed E-state index contributed by atoms with van der Waals surface area (Å²) in [6.07, 6.45) is 0.851. The van der Waals surface area contributed by atoms with Crippen molar-refractivity contribution in [2.45, 2.75) is 26.2 Å². The molecule has 18 heavy (non-hydrogen) atoms. The van der Waals surface area contributed by atoms with E-state index in [1.165, 1.54) is 5.56 Å². The van der Waals surface area contributed by atoms with Crippen molar-refractivity contribution >= 4 is 5.97 Å². The summed E-state index contributed by atoms with van der Waals surface area (Å²) in [6.45, 7) is 2.02. The highest BCUT2D eigenvalue weighted by molar-refractivity contribution is 5.66. The van der Waals surface area contributed by atoms with Gasteiger partial charge < -0.3 is 9.52 Å². The van der Waals surface area contributed by atoms with Gasteiger partial charge in [-0.2, -0.15) is 0 Å². The second kappa shape index (κ2) is 5.44. The van der Waals surface area contributed by atoms with Gasteiger partial charge in [0.25, 0.3) is 0 Å². The quantitative estimate of drug-likeness (QED) is 0.873. The maximum Gasteiger partial charge on any atom is 0.303 e. The molecule has 0 saturated carbocycles. The van der Waals surface area contributed by atoms with Crippen LogP contribution in [0, 0.1) is 6.92 Å². The second-order valence-electron chi connectivity index (χ2n) is 4.15. The molecule has 2 aromatic rings. The first kappa shape index (κ1) is 12.3. The highest BCUT2D eigenvalue weighted by Crippen LogP contribution is 2.11. The lowest BCUT2D eigenvalue weighted by Gasteiger charge is -1.98. The number of carbonyl (C=O) groups is 1. The highest BCUT2D eigenvalue weighted by atomic mass is 16.4. The van der Waals surface area contributed by atoms with Crippen LogP contribution in [0.25, 0.3) is 0 Å².